The van der Waals surface area contributed by atoms with E-state index >= 15 is 0 Å². The van der Waals surface area contributed by atoms with Crippen LogP contribution >= 0.6 is 22.6 Å². The molecule has 1 aliphatic rings. The summed E-state index contributed by atoms with van der Waals surface area (Å²) in [6.45, 7) is 7.03. The lowest BCUT2D eigenvalue weighted by Gasteiger charge is -2.29. The summed E-state index contributed by atoms with van der Waals surface area (Å²) in [4.78, 5) is 2.59. The van der Waals surface area contributed by atoms with Gasteiger partial charge in [-0.1, -0.05) is 18.6 Å². The van der Waals surface area contributed by atoms with Gasteiger partial charge in [-0.15, -0.1) is 0 Å². The lowest BCUT2D eigenvalue weighted by molar-refractivity contribution is 0.209. The number of rotatable bonds is 5. The SMILES string of the molecule is CC(CN1CCCCC1)NCc1ccc(I)cc1. The van der Waals surface area contributed by atoms with Gasteiger partial charge in [0, 0.05) is 22.7 Å². The van der Waals surface area contributed by atoms with Gasteiger partial charge < -0.3 is 10.2 Å². The molecule has 1 fully saturated rings. The third kappa shape index (κ3) is 4.86. The first-order chi connectivity index (χ1) is 8.74. The molecule has 100 valence electrons. The van der Waals surface area contributed by atoms with Crippen molar-refractivity contribution in [3.05, 3.63) is 33.4 Å². The number of hydrogen-bond donors (Lipinski definition) is 1. The molecule has 18 heavy (non-hydrogen) atoms. The maximum Gasteiger partial charge on any atom is 0.0208 e. The molecule has 1 unspecified atom stereocenters. The minimum Gasteiger partial charge on any atom is -0.309 e. The van der Waals surface area contributed by atoms with Gasteiger partial charge in [0.1, 0.15) is 0 Å². The number of nitrogens with one attached hydrogen (secondary N) is 1. The molecular weight excluding hydrogens is 335 g/mol. The van der Waals surface area contributed by atoms with Crippen molar-refractivity contribution in [2.75, 3.05) is 19.6 Å². The minimum absolute atomic E-state index is 0.572. The molecule has 1 aromatic carbocycles. The molecule has 0 saturated carbocycles. The summed E-state index contributed by atoms with van der Waals surface area (Å²) in [7, 11) is 0. The van der Waals surface area contributed by atoms with Crippen molar-refractivity contribution < 1.29 is 0 Å². The van der Waals surface area contributed by atoms with E-state index < -0.39 is 0 Å². The topological polar surface area (TPSA) is 15.3 Å². The Morgan fingerprint density at radius 3 is 2.50 bits per heavy atom. The summed E-state index contributed by atoms with van der Waals surface area (Å²) in [6.07, 6.45) is 4.18. The van der Waals surface area contributed by atoms with E-state index in [9.17, 15) is 0 Å². The Hall–Kier alpha value is -0.130. The first-order valence-corrected chi connectivity index (χ1v) is 8.02. The number of halogens is 1. The second-order valence-corrected chi connectivity index (χ2v) is 6.52. The zero-order valence-corrected chi connectivity index (χ0v) is 13.3. The van der Waals surface area contributed by atoms with Crippen LogP contribution in [0, 0.1) is 3.57 Å². The predicted octanol–water partition coefficient (Wildman–Crippen LogP) is 3.26. The molecule has 1 heterocycles. The summed E-state index contributed by atoms with van der Waals surface area (Å²) in [6, 6.07) is 9.34. The van der Waals surface area contributed by atoms with Crippen molar-refractivity contribution in [2.45, 2.75) is 38.8 Å². The molecule has 1 atom stereocenters. The fourth-order valence-corrected chi connectivity index (χ4v) is 2.85. The van der Waals surface area contributed by atoms with Crippen LogP contribution in [0.2, 0.25) is 0 Å². The highest BCUT2D eigenvalue weighted by molar-refractivity contribution is 14.1. The van der Waals surface area contributed by atoms with E-state index in [1.165, 1.54) is 48.0 Å². The third-order valence-corrected chi connectivity index (χ3v) is 4.27. The Balaban J connectivity index is 1.70. The molecule has 1 aliphatic heterocycles. The van der Waals surface area contributed by atoms with Gasteiger partial charge in [-0.3, -0.25) is 0 Å². The van der Waals surface area contributed by atoms with Crippen LogP contribution in [0.5, 0.6) is 0 Å². The lowest BCUT2D eigenvalue weighted by Crippen LogP contribution is -2.41. The second kappa shape index (κ2) is 7.46. The zero-order chi connectivity index (χ0) is 12.8. The van der Waals surface area contributed by atoms with Crippen LogP contribution in [-0.4, -0.2) is 30.6 Å². The Morgan fingerprint density at radius 2 is 1.83 bits per heavy atom. The van der Waals surface area contributed by atoms with Crippen LogP contribution in [0.4, 0.5) is 0 Å². The van der Waals surface area contributed by atoms with Crippen molar-refractivity contribution in [1.82, 2.24) is 10.2 Å². The Morgan fingerprint density at radius 1 is 1.17 bits per heavy atom. The van der Waals surface area contributed by atoms with Crippen molar-refractivity contribution in [3.8, 4) is 0 Å². The first kappa shape index (κ1) is 14.3. The van der Waals surface area contributed by atoms with Gasteiger partial charge in [0.15, 0.2) is 0 Å². The van der Waals surface area contributed by atoms with Gasteiger partial charge in [0.05, 0.1) is 0 Å². The van der Waals surface area contributed by atoms with E-state index in [1.54, 1.807) is 0 Å². The summed E-state index contributed by atoms with van der Waals surface area (Å²) in [5, 5.41) is 3.62. The van der Waals surface area contributed by atoms with E-state index in [2.05, 4.69) is 64.0 Å². The summed E-state index contributed by atoms with van der Waals surface area (Å²) in [5.41, 5.74) is 1.38. The monoisotopic (exact) mass is 358 g/mol. The molecule has 0 aliphatic carbocycles. The molecule has 0 spiro atoms. The van der Waals surface area contributed by atoms with Crippen LogP contribution in [-0.2, 0) is 6.54 Å². The van der Waals surface area contributed by atoms with E-state index in [0.29, 0.717) is 6.04 Å². The quantitative estimate of drug-likeness (QED) is 0.813. The van der Waals surface area contributed by atoms with Crippen molar-refractivity contribution >= 4 is 22.6 Å². The third-order valence-electron chi connectivity index (χ3n) is 3.55. The smallest absolute Gasteiger partial charge is 0.0208 e. The molecule has 1 N–H and O–H groups in total. The number of nitrogens with zero attached hydrogens (tertiary/aromatic N) is 1. The van der Waals surface area contributed by atoms with Gasteiger partial charge in [-0.05, 0) is 73.1 Å². The highest BCUT2D eigenvalue weighted by Crippen LogP contribution is 2.09. The molecule has 0 bridgehead atoms. The van der Waals surface area contributed by atoms with Gasteiger partial charge >= 0.3 is 0 Å². The lowest BCUT2D eigenvalue weighted by atomic mass is 10.1. The summed E-state index contributed by atoms with van der Waals surface area (Å²) >= 11 is 2.35. The van der Waals surface area contributed by atoms with Gasteiger partial charge in [0.2, 0.25) is 0 Å². The number of hydrogen-bond acceptors (Lipinski definition) is 2. The standard InChI is InChI=1S/C15H23IN2/c1-13(12-18-9-3-2-4-10-18)17-11-14-5-7-15(16)8-6-14/h5-8,13,17H,2-4,9-12H2,1H3. The number of likely N-dealkylation sites (tertiary alicyclic amines) is 1. The van der Waals surface area contributed by atoms with Crippen LogP contribution < -0.4 is 5.32 Å². The molecule has 1 saturated heterocycles. The van der Waals surface area contributed by atoms with Crippen LogP contribution in [0.3, 0.4) is 0 Å². The molecule has 2 rings (SSSR count). The first-order valence-electron chi connectivity index (χ1n) is 6.94. The normalized spacial score (nSPS) is 18.8. The van der Waals surface area contributed by atoms with Crippen LogP contribution in [0.1, 0.15) is 31.7 Å². The van der Waals surface area contributed by atoms with Gasteiger partial charge in [-0.25, -0.2) is 0 Å². The molecule has 3 heteroatoms. The van der Waals surface area contributed by atoms with Crippen LogP contribution in [0.25, 0.3) is 0 Å². The van der Waals surface area contributed by atoms with Gasteiger partial charge in [0.25, 0.3) is 0 Å². The van der Waals surface area contributed by atoms with Crippen molar-refractivity contribution in [2.24, 2.45) is 0 Å². The minimum atomic E-state index is 0.572. The number of piperidine rings is 1. The van der Waals surface area contributed by atoms with E-state index in [-0.39, 0.29) is 0 Å². The second-order valence-electron chi connectivity index (χ2n) is 5.27. The Bertz CT molecular complexity index is 344. The highest BCUT2D eigenvalue weighted by atomic mass is 127. The average molecular weight is 358 g/mol. The van der Waals surface area contributed by atoms with Crippen molar-refractivity contribution in [1.29, 1.82) is 0 Å². The average Bonchev–Trinajstić information content (AvgIpc) is 2.39. The Kier molecular flexibility index (Phi) is 5.92. The molecule has 0 amide bonds. The van der Waals surface area contributed by atoms with E-state index in [4.69, 9.17) is 0 Å². The molecule has 0 aromatic heterocycles. The fourth-order valence-electron chi connectivity index (χ4n) is 2.49. The molecular formula is C15H23IN2. The van der Waals surface area contributed by atoms with E-state index in [1.807, 2.05) is 0 Å². The predicted molar refractivity (Wildman–Crippen MR) is 85.8 cm³/mol. The Labute approximate surface area is 124 Å². The fraction of sp³-hybridized carbons (Fsp3) is 0.600. The molecule has 0 radical (unpaired) electrons. The van der Waals surface area contributed by atoms with Crippen molar-refractivity contribution in [3.63, 3.8) is 0 Å². The van der Waals surface area contributed by atoms with E-state index in [0.717, 1.165) is 6.54 Å². The maximum atomic E-state index is 3.62. The maximum absolute atomic E-state index is 3.62. The number of benzene rings is 1. The van der Waals surface area contributed by atoms with Crippen LogP contribution in [0.15, 0.2) is 24.3 Å². The molecule has 2 nitrogen and oxygen atoms in total. The summed E-state index contributed by atoms with van der Waals surface area (Å²) in [5.74, 6) is 0. The zero-order valence-electron chi connectivity index (χ0n) is 11.2. The largest absolute Gasteiger partial charge is 0.309 e. The summed E-state index contributed by atoms with van der Waals surface area (Å²) < 4.78 is 1.30. The highest BCUT2D eigenvalue weighted by Gasteiger charge is 2.12. The molecule has 1 aromatic rings. The van der Waals surface area contributed by atoms with Gasteiger partial charge in [-0.2, -0.15) is 0 Å².